The van der Waals surface area contributed by atoms with Crippen LogP contribution in [0, 0.1) is 0 Å². The summed E-state index contributed by atoms with van der Waals surface area (Å²) < 4.78 is 24.1. The molecule has 0 radical (unpaired) electrons. The predicted molar refractivity (Wildman–Crippen MR) is 83.2 cm³/mol. The second-order valence-corrected chi connectivity index (χ2v) is 8.40. The van der Waals surface area contributed by atoms with E-state index in [4.69, 9.17) is 5.73 Å². The number of fused-ring (bicyclic) bond motifs is 1. The number of thiophene rings is 1. The molecule has 1 aliphatic rings. The molecule has 112 valence electrons. The van der Waals surface area contributed by atoms with Crippen molar-refractivity contribution in [2.75, 3.05) is 17.2 Å². The van der Waals surface area contributed by atoms with Gasteiger partial charge in [0.05, 0.1) is 21.9 Å². The van der Waals surface area contributed by atoms with E-state index in [1.54, 1.807) is 12.3 Å². The number of nitrogens with two attached hydrogens (primary N) is 1. The molecule has 0 saturated carbocycles. The Balaban J connectivity index is 1.82. The zero-order valence-electron chi connectivity index (χ0n) is 11.2. The number of rotatable bonds is 2. The van der Waals surface area contributed by atoms with Gasteiger partial charge < -0.3 is 11.1 Å². The van der Waals surface area contributed by atoms with E-state index in [0.29, 0.717) is 28.9 Å². The summed E-state index contributed by atoms with van der Waals surface area (Å²) in [5.74, 6) is -0.117. The normalized spacial score (nSPS) is 21.2. The van der Waals surface area contributed by atoms with Gasteiger partial charge in [0, 0.05) is 12.2 Å². The Morgan fingerprint density at radius 2 is 2.29 bits per heavy atom. The molecule has 1 aliphatic heterocycles. The monoisotopic (exact) mass is 325 g/mol. The maximum atomic E-state index is 12.3. The number of carbonyl (C=O) groups is 1. The van der Waals surface area contributed by atoms with E-state index >= 15 is 0 Å². The maximum absolute atomic E-state index is 12.3. The zero-order valence-corrected chi connectivity index (χ0v) is 12.8. The number of nitrogens with zero attached hydrogens (tertiary/aromatic N) is 1. The summed E-state index contributed by atoms with van der Waals surface area (Å²) in [4.78, 5) is 16.9. The van der Waals surface area contributed by atoms with Gasteiger partial charge in [-0.3, -0.25) is 9.78 Å². The third-order valence-corrected chi connectivity index (χ3v) is 6.47. The maximum Gasteiger partial charge on any atom is 0.263 e. The van der Waals surface area contributed by atoms with E-state index in [9.17, 15) is 13.2 Å². The molecular formula is C13H15N3O3S2. The summed E-state index contributed by atoms with van der Waals surface area (Å²) in [6.07, 6.45) is 2.88. The van der Waals surface area contributed by atoms with Crippen LogP contribution < -0.4 is 11.1 Å². The number of carbonyl (C=O) groups excluding carboxylic acids is 1. The van der Waals surface area contributed by atoms with Gasteiger partial charge in [-0.25, -0.2) is 8.42 Å². The lowest BCUT2D eigenvalue weighted by Crippen LogP contribution is -2.43. The molecule has 6 nitrogen and oxygen atoms in total. The lowest BCUT2D eigenvalue weighted by Gasteiger charge is -2.22. The number of anilines is 1. The van der Waals surface area contributed by atoms with Crippen molar-refractivity contribution in [2.45, 2.75) is 18.9 Å². The van der Waals surface area contributed by atoms with Crippen molar-refractivity contribution in [3.63, 3.8) is 0 Å². The number of pyridine rings is 1. The van der Waals surface area contributed by atoms with E-state index in [1.807, 2.05) is 6.07 Å². The van der Waals surface area contributed by atoms with Gasteiger partial charge in [-0.2, -0.15) is 0 Å². The molecule has 21 heavy (non-hydrogen) atoms. The van der Waals surface area contributed by atoms with E-state index in [0.717, 1.165) is 4.70 Å². The van der Waals surface area contributed by atoms with Crippen molar-refractivity contribution in [1.82, 2.24) is 10.3 Å². The lowest BCUT2D eigenvalue weighted by atomic mass is 10.2. The molecule has 1 unspecified atom stereocenters. The van der Waals surface area contributed by atoms with Gasteiger partial charge in [-0.05, 0) is 25.0 Å². The third-order valence-electron chi connectivity index (χ3n) is 3.49. The Hall–Kier alpha value is -1.67. The summed E-state index contributed by atoms with van der Waals surface area (Å²) in [6.45, 7) is 0. The first-order valence-electron chi connectivity index (χ1n) is 6.60. The minimum atomic E-state index is -3.05. The van der Waals surface area contributed by atoms with Crippen LogP contribution in [0.3, 0.4) is 0 Å². The Morgan fingerprint density at radius 1 is 1.48 bits per heavy atom. The SMILES string of the molecule is Nc1c(C(=O)NC2CCCS(=O)(=O)C2)sc2cccnc12. The molecule has 1 saturated heterocycles. The average Bonchev–Trinajstić information content (AvgIpc) is 2.76. The van der Waals surface area contributed by atoms with Crippen LogP contribution in [0.4, 0.5) is 5.69 Å². The molecule has 3 rings (SSSR count). The molecule has 3 N–H and O–H groups in total. The van der Waals surface area contributed by atoms with Gasteiger partial charge in [0.1, 0.15) is 10.4 Å². The Labute approximate surface area is 126 Å². The fourth-order valence-electron chi connectivity index (χ4n) is 2.50. The molecular weight excluding hydrogens is 310 g/mol. The van der Waals surface area contributed by atoms with Gasteiger partial charge >= 0.3 is 0 Å². The van der Waals surface area contributed by atoms with E-state index in [2.05, 4.69) is 10.3 Å². The van der Waals surface area contributed by atoms with Crippen molar-refractivity contribution in [2.24, 2.45) is 0 Å². The van der Waals surface area contributed by atoms with E-state index < -0.39 is 9.84 Å². The van der Waals surface area contributed by atoms with Crippen molar-refractivity contribution < 1.29 is 13.2 Å². The summed E-state index contributed by atoms with van der Waals surface area (Å²) in [7, 11) is -3.05. The Morgan fingerprint density at radius 3 is 3.00 bits per heavy atom. The quantitative estimate of drug-likeness (QED) is 0.863. The van der Waals surface area contributed by atoms with Crippen LogP contribution in [0.2, 0.25) is 0 Å². The fourth-order valence-corrected chi connectivity index (χ4v) is 5.12. The number of nitrogens with one attached hydrogen (secondary N) is 1. The minimum Gasteiger partial charge on any atom is -0.396 e. The molecule has 2 aromatic rings. The molecule has 1 amide bonds. The molecule has 1 atom stereocenters. The highest BCUT2D eigenvalue weighted by Gasteiger charge is 2.27. The van der Waals surface area contributed by atoms with Crippen molar-refractivity contribution >= 4 is 43.0 Å². The topological polar surface area (TPSA) is 102 Å². The zero-order chi connectivity index (χ0) is 15.0. The first-order valence-corrected chi connectivity index (χ1v) is 9.24. The molecule has 8 heteroatoms. The largest absolute Gasteiger partial charge is 0.396 e. The van der Waals surface area contributed by atoms with E-state index in [1.165, 1.54) is 11.3 Å². The van der Waals surface area contributed by atoms with Crippen LogP contribution in [0.5, 0.6) is 0 Å². The number of hydrogen-bond donors (Lipinski definition) is 2. The number of nitrogen functional groups attached to an aromatic ring is 1. The van der Waals surface area contributed by atoms with Gasteiger partial charge in [-0.15, -0.1) is 11.3 Å². The van der Waals surface area contributed by atoms with E-state index in [-0.39, 0.29) is 23.5 Å². The molecule has 0 spiro atoms. The van der Waals surface area contributed by atoms with Crippen LogP contribution in [-0.4, -0.2) is 36.9 Å². The Kier molecular flexibility index (Phi) is 3.58. The number of aromatic nitrogens is 1. The van der Waals surface area contributed by atoms with Gasteiger partial charge in [0.2, 0.25) is 0 Å². The predicted octanol–water partition coefficient (Wildman–Crippen LogP) is 1.19. The number of hydrogen-bond acceptors (Lipinski definition) is 6. The summed E-state index contributed by atoms with van der Waals surface area (Å²) in [5.41, 5.74) is 6.94. The molecule has 2 aromatic heterocycles. The van der Waals surface area contributed by atoms with Crippen LogP contribution in [0.25, 0.3) is 10.2 Å². The summed E-state index contributed by atoms with van der Waals surface area (Å²) >= 11 is 1.27. The number of amides is 1. The first kappa shape index (κ1) is 14.3. The van der Waals surface area contributed by atoms with Crippen LogP contribution in [0.1, 0.15) is 22.5 Å². The standard InChI is InChI=1S/C13H15N3O3S2/c14-10-11-9(4-1-5-15-11)20-12(10)13(17)16-8-3-2-6-21(18,19)7-8/h1,4-5,8H,2-3,6-7,14H2,(H,16,17). The van der Waals surface area contributed by atoms with Gasteiger partial charge in [0.25, 0.3) is 5.91 Å². The highest BCUT2D eigenvalue weighted by Crippen LogP contribution is 2.31. The highest BCUT2D eigenvalue weighted by atomic mass is 32.2. The molecule has 0 aromatic carbocycles. The fraction of sp³-hybridized carbons (Fsp3) is 0.385. The van der Waals surface area contributed by atoms with Crippen LogP contribution >= 0.6 is 11.3 Å². The summed E-state index contributed by atoms with van der Waals surface area (Å²) in [6, 6.07) is 3.30. The average molecular weight is 325 g/mol. The van der Waals surface area contributed by atoms with Crippen LogP contribution in [-0.2, 0) is 9.84 Å². The Bertz CT molecular complexity index is 798. The van der Waals surface area contributed by atoms with Crippen LogP contribution in [0.15, 0.2) is 18.3 Å². The second kappa shape index (κ2) is 5.27. The second-order valence-electron chi connectivity index (χ2n) is 5.12. The summed E-state index contributed by atoms with van der Waals surface area (Å²) in [5, 5.41) is 2.78. The number of sulfone groups is 1. The molecule has 0 aliphatic carbocycles. The van der Waals surface area contributed by atoms with Gasteiger partial charge in [0.15, 0.2) is 9.84 Å². The molecule has 1 fully saturated rings. The van der Waals surface area contributed by atoms with Crippen molar-refractivity contribution in [1.29, 1.82) is 0 Å². The first-order chi connectivity index (χ1) is 9.96. The smallest absolute Gasteiger partial charge is 0.263 e. The third kappa shape index (κ3) is 2.86. The molecule has 3 heterocycles. The highest BCUT2D eigenvalue weighted by molar-refractivity contribution is 7.91. The molecule has 0 bridgehead atoms. The van der Waals surface area contributed by atoms with Gasteiger partial charge in [-0.1, -0.05) is 0 Å². The minimum absolute atomic E-state index is 0.00178. The van der Waals surface area contributed by atoms with Crippen molar-refractivity contribution in [3.8, 4) is 0 Å². The van der Waals surface area contributed by atoms with Crippen molar-refractivity contribution in [3.05, 3.63) is 23.2 Å². The lowest BCUT2D eigenvalue weighted by molar-refractivity contribution is 0.0943.